The smallest absolute Gasteiger partial charge is 0.0289 e. The van der Waals surface area contributed by atoms with E-state index in [1.165, 1.54) is 22.3 Å². The molecule has 1 unspecified atom stereocenters. The van der Waals surface area contributed by atoms with Crippen LogP contribution < -0.4 is 0 Å². The first kappa shape index (κ1) is 10.6. The summed E-state index contributed by atoms with van der Waals surface area (Å²) in [5.74, 6) is 1.16. The van der Waals surface area contributed by atoms with Crippen molar-refractivity contribution in [3.63, 3.8) is 0 Å². The van der Waals surface area contributed by atoms with Crippen molar-refractivity contribution in [1.82, 2.24) is 0 Å². The molecule has 1 aromatic carbocycles. The first-order valence-electron chi connectivity index (χ1n) is 4.70. The van der Waals surface area contributed by atoms with Crippen LogP contribution in [0.15, 0.2) is 12.1 Å². The number of benzene rings is 1. The molecule has 0 saturated carbocycles. The van der Waals surface area contributed by atoms with Gasteiger partial charge in [-0.3, -0.25) is 0 Å². The highest BCUT2D eigenvalue weighted by atomic mass is 35.5. The second-order valence-corrected chi connectivity index (χ2v) is 4.18. The second kappa shape index (κ2) is 4.15. The van der Waals surface area contributed by atoms with Gasteiger partial charge < -0.3 is 0 Å². The van der Waals surface area contributed by atoms with Crippen LogP contribution in [-0.4, -0.2) is 5.88 Å². The van der Waals surface area contributed by atoms with Crippen molar-refractivity contribution in [3.8, 4) is 0 Å². The molecule has 0 fully saturated rings. The quantitative estimate of drug-likeness (QED) is 0.629. The largest absolute Gasteiger partial charge is 0.126 e. The van der Waals surface area contributed by atoms with Crippen molar-refractivity contribution in [2.45, 2.75) is 33.6 Å². The van der Waals surface area contributed by atoms with Gasteiger partial charge in [0.1, 0.15) is 0 Å². The molecule has 1 atom stereocenters. The highest BCUT2D eigenvalue weighted by Gasteiger charge is 2.10. The summed E-state index contributed by atoms with van der Waals surface area (Å²) in [5.41, 5.74) is 5.48. The Morgan fingerprint density at radius 1 is 1.15 bits per heavy atom. The van der Waals surface area contributed by atoms with Gasteiger partial charge in [-0.05, 0) is 43.4 Å². The summed E-state index contributed by atoms with van der Waals surface area (Å²) in [6, 6.07) is 4.46. The third-order valence-corrected chi connectivity index (χ3v) is 2.93. The molecule has 0 saturated heterocycles. The van der Waals surface area contributed by atoms with Crippen LogP contribution in [0.25, 0.3) is 0 Å². The summed E-state index contributed by atoms with van der Waals surface area (Å²) in [5, 5.41) is 0. The molecule has 0 aliphatic heterocycles. The minimum absolute atomic E-state index is 0.460. The molecule has 0 N–H and O–H groups in total. The minimum Gasteiger partial charge on any atom is -0.126 e. The molecule has 0 radical (unpaired) electrons. The van der Waals surface area contributed by atoms with E-state index < -0.39 is 0 Å². The van der Waals surface area contributed by atoms with E-state index in [1.807, 2.05) is 0 Å². The molecule has 0 spiro atoms. The van der Waals surface area contributed by atoms with Gasteiger partial charge in [0.2, 0.25) is 0 Å². The van der Waals surface area contributed by atoms with Gasteiger partial charge in [-0.1, -0.05) is 24.6 Å². The Labute approximate surface area is 85.9 Å². The maximum Gasteiger partial charge on any atom is 0.0289 e. The Bertz CT molecular complexity index is 279. The van der Waals surface area contributed by atoms with Gasteiger partial charge in [-0.2, -0.15) is 0 Å². The Morgan fingerprint density at radius 3 is 2.00 bits per heavy atom. The van der Waals surface area contributed by atoms with Gasteiger partial charge in [0.25, 0.3) is 0 Å². The van der Waals surface area contributed by atoms with Crippen molar-refractivity contribution in [3.05, 3.63) is 34.4 Å². The third kappa shape index (κ3) is 2.25. The van der Waals surface area contributed by atoms with Gasteiger partial charge in [0.05, 0.1) is 0 Å². The number of hydrogen-bond donors (Lipinski definition) is 0. The average molecular weight is 197 g/mol. The van der Waals surface area contributed by atoms with Crippen LogP contribution in [0, 0.1) is 20.8 Å². The van der Waals surface area contributed by atoms with Crippen LogP contribution in [-0.2, 0) is 0 Å². The lowest BCUT2D eigenvalue weighted by Crippen LogP contribution is -2.01. The first-order chi connectivity index (χ1) is 6.06. The number of aryl methyl sites for hydroxylation is 3. The van der Waals surface area contributed by atoms with E-state index >= 15 is 0 Å². The molecule has 0 heterocycles. The monoisotopic (exact) mass is 196 g/mol. The van der Waals surface area contributed by atoms with Crippen molar-refractivity contribution in [1.29, 1.82) is 0 Å². The number of hydrogen-bond acceptors (Lipinski definition) is 0. The Balaban J connectivity index is 3.20. The fourth-order valence-corrected chi connectivity index (χ4v) is 2.20. The van der Waals surface area contributed by atoms with Gasteiger partial charge in [0, 0.05) is 5.88 Å². The zero-order chi connectivity index (χ0) is 10.0. The van der Waals surface area contributed by atoms with E-state index in [9.17, 15) is 0 Å². The van der Waals surface area contributed by atoms with Crippen molar-refractivity contribution in [2.24, 2.45) is 0 Å². The molecule has 0 aliphatic carbocycles. The zero-order valence-electron chi connectivity index (χ0n) is 8.82. The summed E-state index contributed by atoms with van der Waals surface area (Å²) in [4.78, 5) is 0. The van der Waals surface area contributed by atoms with Gasteiger partial charge in [-0.25, -0.2) is 0 Å². The van der Waals surface area contributed by atoms with Crippen LogP contribution in [0.1, 0.15) is 35.1 Å². The molecule has 72 valence electrons. The van der Waals surface area contributed by atoms with Gasteiger partial charge >= 0.3 is 0 Å². The van der Waals surface area contributed by atoms with Crippen molar-refractivity contribution < 1.29 is 0 Å². The van der Waals surface area contributed by atoms with Gasteiger partial charge in [0.15, 0.2) is 0 Å². The van der Waals surface area contributed by atoms with E-state index in [4.69, 9.17) is 11.6 Å². The molecule has 1 heteroatoms. The summed E-state index contributed by atoms with van der Waals surface area (Å²) >= 11 is 5.87. The number of halogens is 1. The fourth-order valence-electron chi connectivity index (χ4n) is 2.05. The fraction of sp³-hybridized carbons (Fsp3) is 0.500. The van der Waals surface area contributed by atoms with Crippen LogP contribution in [0.4, 0.5) is 0 Å². The first-order valence-corrected chi connectivity index (χ1v) is 5.23. The molecular weight excluding hydrogens is 180 g/mol. The lowest BCUT2D eigenvalue weighted by Gasteiger charge is -2.15. The van der Waals surface area contributed by atoms with E-state index in [0.717, 1.165) is 0 Å². The van der Waals surface area contributed by atoms with Crippen molar-refractivity contribution in [2.75, 3.05) is 5.88 Å². The molecule has 0 aromatic heterocycles. The molecule has 0 aliphatic rings. The highest BCUT2D eigenvalue weighted by molar-refractivity contribution is 6.18. The predicted molar refractivity (Wildman–Crippen MR) is 59.8 cm³/mol. The lowest BCUT2D eigenvalue weighted by atomic mass is 9.92. The summed E-state index contributed by atoms with van der Waals surface area (Å²) < 4.78 is 0. The third-order valence-electron chi connectivity index (χ3n) is 2.46. The maximum absolute atomic E-state index is 5.87. The summed E-state index contributed by atoms with van der Waals surface area (Å²) in [7, 11) is 0. The second-order valence-electron chi connectivity index (χ2n) is 3.87. The van der Waals surface area contributed by atoms with Crippen LogP contribution in [0.5, 0.6) is 0 Å². The number of alkyl halides is 1. The minimum atomic E-state index is 0.460. The van der Waals surface area contributed by atoms with E-state index in [-0.39, 0.29) is 0 Å². The molecule has 0 bridgehead atoms. The lowest BCUT2D eigenvalue weighted by molar-refractivity contribution is 0.853. The Kier molecular flexibility index (Phi) is 3.38. The molecular formula is C12H17Cl. The van der Waals surface area contributed by atoms with E-state index in [2.05, 4.69) is 39.8 Å². The predicted octanol–water partition coefficient (Wildman–Crippen LogP) is 3.95. The van der Waals surface area contributed by atoms with Crippen molar-refractivity contribution >= 4 is 11.6 Å². The Morgan fingerprint density at radius 2 is 1.62 bits per heavy atom. The van der Waals surface area contributed by atoms with Crippen LogP contribution >= 0.6 is 11.6 Å². The number of rotatable bonds is 2. The van der Waals surface area contributed by atoms with E-state index in [0.29, 0.717) is 11.8 Å². The molecule has 1 aromatic rings. The maximum atomic E-state index is 5.87. The normalized spacial score (nSPS) is 13.0. The van der Waals surface area contributed by atoms with Crippen LogP contribution in [0.3, 0.4) is 0 Å². The van der Waals surface area contributed by atoms with Crippen LogP contribution in [0.2, 0.25) is 0 Å². The molecule has 1 rings (SSSR count). The Hall–Kier alpha value is -0.490. The topological polar surface area (TPSA) is 0 Å². The van der Waals surface area contributed by atoms with Gasteiger partial charge in [-0.15, -0.1) is 11.6 Å². The average Bonchev–Trinajstić information content (AvgIpc) is 2.02. The van der Waals surface area contributed by atoms with E-state index in [1.54, 1.807) is 0 Å². The summed E-state index contributed by atoms with van der Waals surface area (Å²) in [6.45, 7) is 8.64. The standard InChI is InChI=1S/C12H17Cl/c1-8-5-9(2)12(10(3)6-8)11(4)7-13/h5-6,11H,7H2,1-4H3. The SMILES string of the molecule is Cc1cc(C)c(C(C)CCl)c(C)c1. The molecule has 0 amide bonds. The molecule has 13 heavy (non-hydrogen) atoms. The highest BCUT2D eigenvalue weighted by Crippen LogP contribution is 2.25. The molecule has 0 nitrogen and oxygen atoms in total. The zero-order valence-corrected chi connectivity index (χ0v) is 9.57. The summed E-state index contributed by atoms with van der Waals surface area (Å²) in [6.07, 6.45) is 0.